The van der Waals surface area contributed by atoms with Crippen molar-refractivity contribution in [3.8, 4) is 17.1 Å². The SMILES string of the molecule is Cn1c(-c2ccc(OC(F)(F)F)cc2)nc2c1CN(Cc1ccccc1N)CC2. The minimum Gasteiger partial charge on any atom is -0.406 e. The molecule has 0 spiro atoms. The molecule has 0 fully saturated rings. The minimum atomic E-state index is -4.70. The molecule has 29 heavy (non-hydrogen) atoms. The zero-order chi connectivity index (χ0) is 20.6. The maximum absolute atomic E-state index is 12.4. The smallest absolute Gasteiger partial charge is 0.406 e. The van der Waals surface area contributed by atoms with Crippen molar-refractivity contribution in [2.24, 2.45) is 7.05 Å². The number of benzene rings is 2. The maximum Gasteiger partial charge on any atom is 0.573 e. The fourth-order valence-electron chi connectivity index (χ4n) is 3.66. The summed E-state index contributed by atoms with van der Waals surface area (Å²) in [5, 5.41) is 0. The van der Waals surface area contributed by atoms with Crippen LogP contribution in [0.4, 0.5) is 18.9 Å². The molecule has 3 aromatic rings. The van der Waals surface area contributed by atoms with E-state index in [1.807, 2.05) is 35.9 Å². The Balaban J connectivity index is 1.53. The van der Waals surface area contributed by atoms with Crippen molar-refractivity contribution in [2.75, 3.05) is 12.3 Å². The lowest BCUT2D eigenvalue weighted by Crippen LogP contribution is -2.31. The number of para-hydroxylation sites is 1. The van der Waals surface area contributed by atoms with Crippen LogP contribution in [0.2, 0.25) is 0 Å². The van der Waals surface area contributed by atoms with E-state index in [1.54, 1.807) is 12.1 Å². The van der Waals surface area contributed by atoms with Gasteiger partial charge in [0.15, 0.2) is 0 Å². The molecule has 2 N–H and O–H groups in total. The average molecular weight is 402 g/mol. The highest BCUT2D eigenvalue weighted by Crippen LogP contribution is 2.29. The Bertz CT molecular complexity index is 1010. The number of ether oxygens (including phenoxy) is 1. The summed E-state index contributed by atoms with van der Waals surface area (Å²) in [5.41, 5.74) is 10.8. The van der Waals surface area contributed by atoms with Crippen LogP contribution in [0.3, 0.4) is 0 Å². The van der Waals surface area contributed by atoms with Crippen LogP contribution < -0.4 is 10.5 Å². The molecular weight excluding hydrogens is 381 g/mol. The second kappa shape index (κ2) is 7.44. The summed E-state index contributed by atoms with van der Waals surface area (Å²) in [4.78, 5) is 7.05. The van der Waals surface area contributed by atoms with Gasteiger partial charge in [0.1, 0.15) is 11.6 Å². The number of nitrogens with two attached hydrogens (primary N) is 1. The average Bonchev–Trinajstić information content (AvgIpc) is 2.99. The standard InChI is InChI=1S/C21H21F3N4O/c1-27-19-13-28(12-15-4-2-3-5-17(15)25)11-10-18(19)26-20(27)14-6-8-16(9-7-14)29-21(22,23)24/h2-9H,10-13,25H2,1H3. The molecule has 4 rings (SSSR count). The lowest BCUT2D eigenvalue weighted by molar-refractivity contribution is -0.274. The highest BCUT2D eigenvalue weighted by Gasteiger charge is 2.31. The quantitative estimate of drug-likeness (QED) is 0.667. The third-order valence-electron chi connectivity index (χ3n) is 5.13. The summed E-state index contributed by atoms with van der Waals surface area (Å²) in [6.07, 6.45) is -3.89. The zero-order valence-electron chi connectivity index (χ0n) is 15.9. The number of halogens is 3. The van der Waals surface area contributed by atoms with E-state index in [9.17, 15) is 13.2 Å². The highest BCUT2D eigenvalue weighted by molar-refractivity contribution is 5.58. The summed E-state index contributed by atoms with van der Waals surface area (Å²) in [6.45, 7) is 2.37. The van der Waals surface area contributed by atoms with Gasteiger partial charge in [-0.05, 0) is 35.9 Å². The van der Waals surface area contributed by atoms with Crippen molar-refractivity contribution in [1.29, 1.82) is 0 Å². The van der Waals surface area contributed by atoms with Crippen LogP contribution >= 0.6 is 0 Å². The Morgan fingerprint density at radius 3 is 2.52 bits per heavy atom. The molecule has 0 saturated heterocycles. The summed E-state index contributed by atoms with van der Waals surface area (Å²) in [5.74, 6) is 0.487. The van der Waals surface area contributed by atoms with Gasteiger partial charge in [0.25, 0.3) is 0 Å². The predicted molar refractivity (Wildman–Crippen MR) is 104 cm³/mol. The number of imidazole rings is 1. The van der Waals surface area contributed by atoms with Crippen molar-refractivity contribution in [3.63, 3.8) is 0 Å². The van der Waals surface area contributed by atoms with Crippen molar-refractivity contribution in [3.05, 3.63) is 65.5 Å². The Kier molecular flexibility index (Phi) is 4.96. The van der Waals surface area contributed by atoms with Gasteiger partial charge in [0, 0.05) is 44.4 Å². The highest BCUT2D eigenvalue weighted by atomic mass is 19.4. The van der Waals surface area contributed by atoms with Gasteiger partial charge in [-0.2, -0.15) is 0 Å². The first kappa shape index (κ1) is 19.3. The van der Waals surface area contributed by atoms with Crippen LogP contribution in [0, 0.1) is 0 Å². The molecule has 152 valence electrons. The molecular formula is C21H21F3N4O. The van der Waals surface area contributed by atoms with E-state index in [1.165, 1.54) is 12.1 Å². The summed E-state index contributed by atoms with van der Waals surface area (Å²) < 4.78 is 43.0. The first-order valence-electron chi connectivity index (χ1n) is 9.26. The molecule has 2 aromatic carbocycles. The number of anilines is 1. The van der Waals surface area contributed by atoms with Crippen molar-refractivity contribution in [2.45, 2.75) is 25.9 Å². The number of aromatic nitrogens is 2. The van der Waals surface area contributed by atoms with Gasteiger partial charge in [0.2, 0.25) is 0 Å². The molecule has 0 radical (unpaired) electrons. The lowest BCUT2D eigenvalue weighted by Gasteiger charge is -2.27. The monoisotopic (exact) mass is 402 g/mol. The molecule has 8 heteroatoms. The Labute approximate surface area is 166 Å². The predicted octanol–water partition coefficient (Wildman–Crippen LogP) is 4.13. The van der Waals surface area contributed by atoms with Crippen LogP contribution in [-0.4, -0.2) is 27.4 Å². The summed E-state index contributed by atoms with van der Waals surface area (Å²) in [6, 6.07) is 13.6. The minimum absolute atomic E-state index is 0.244. The first-order valence-corrected chi connectivity index (χ1v) is 9.26. The Hall–Kier alpha value is -3.00. The number of nitrogen functional groups attached to an aromatic ring is 1. The van der Waals surface area contributed by atoms with E-state index in [0.29, 0.717) is 0 Å². The van der Waals surface area contributed by atoms with Crippen LogP contribution in [0.1, 0.15) is 17.0 Å². The normalized spacial score (nSPS) is 14.6. The molecule has 5 nitrogen and oxygen atoms in total. The van der Waals surface area contributed by atoms with Gasteiger partial charge >= 0.3 is 6.36 Å². The number of hydrogen-bond donors (Lipinski definition) is 1. The van der Waals surface area contributed by atoms with Crippen LogP contribution in [0.5, 0.6) is 5.75 Å². The molecule has 0 amide bonds. The van der Waals surface area contributed by atoms with E-state index in [-0.39, 0.29) is 5.75 Å². The van der Waals surface area contributed by atoms with Gasteiger partial charge in [-0.1, -0.05) is 18.2 Å². The molecule has 1 aliphatic heterocycles. The summed E-state index contributed by atoms with van der Waals surface area (Å²) >= 11 is 0. The number of alkyl halides is 3. The lowest BCUT2D eigenvalue weighted by atomic mass is 10.1. The Morgan fingerprint density at radius 2 is 1.83 bits per heavy atom. The van der Waals surface area contributed by atoms with Crippen LogP contribution in [0.15, 0.2) is 48.5 Å². The van der Waals surface area contributed by atoms with E-state index in [4.69, 9.17) is 10.7 Å². The van der Waals surface area contributed by atoms with Crippen molar-refractivity contribution < 1.29 is 17.9 Å². The molecule has 2 heterocycles. The van der Waals surface area contributed by atoms with Crippen molar-refractivity contribution >= 4 is 5.69 Å². The van der Waals surface area contributed by atoms with E-state index in [0.717, 1.165) is 60.1 Å². The second-order valence-corrected chi connectivity index (χ2v) is 7.12. The van der Waals surface area contributed by atoms with E-state index in [2.05, 4.69) is 9.64 Å². The fourth-order valence-corrected chi connectivity index (χ4v) is 3.66. The van der Waals surface area contributed by atoms with Gasteiger partial charge < -0.3 is 15.0 Å². The number of hydrogen-bond acceptors (Lipinski definition) is 4. The molecule has 0 unspecified atom stereocenters. The molecule has 1 aliphatic rings. The number of rotatable bonds is 4. The third-order valence-corrected chi connectivity index (χ3v) is 5.13. The first-order chi connectivity index (χ1) is 13.8. The molecule has 0 aliphatic carbocycles. The zero-order valence-corrected chi connectivity index (χ0v) is 15.9. The number of nitrogens with zero attached hydrogens (tertiary/aromatic N) is 3. The van der Waals surface area contributed by atoms with Gasteiger partial charge in [-0.15, -0.1) is 13.2 Å². The summed E-state index contributed by atoms with van der Waals surface area (Å²) in [7, 11) is 1.93. The van der Waals surface area contributed by atoms with E-state index >= 15 is 0 Å². The van der Waals surface area contributed by atoms with Crippen molar-refractivity contribution in [1.82, 2.24) is 14.5 Å². The third kappa shape index (κ3) is 4.22. The maximum atomic E-state index is 12.4. The fraction of sp³-hybridized carbons (Fsp3) is 0.286. The molecule has 1 aromatic heterocycles. The largest absolute Gasteiger partial charge is 0.573 e. The topological polar surface area (TPSA) is 56.3 Å². The van der Waals surface area contributed by atoms with Gasteiger partial charge in [-0.25, -0.2) is 4.98 Å². The molecule has 0 atom stereocenters. The van der Waals surface area contributed by atoms with Gasteiger partial charge in [-0.3, -0.25) is 4.90 Å². The molecule has 0 bridgehead atoms. The second-order valence-electron chi connectivity index (χ2n) is 7.12. The van der Waals surface area contributed by atoms with Gasteiger partial charge in [0.05, 0.1) is 11.4 Å². The Morgan fingerprint density at radius 1 is 1.10 bits per heavy atom. The van der Waals surface area contributed by atoms with Crippen LogP contribution in [-0.2, 0) is 26.6 Å². The van der Waals surface area contributed by atoms with Crippen LogP contribution in [0.25, 0.3) is 11.4 Å². The van der Waals surface area contributed by atoms with E-state index < -0.39 is 6.36 Å². The number of fused-ring (bicyclic) bond motifs is 1. The molecule has 0 saturated carbocycles.